The molecule has 1 heterocycles. The molecule has 124 valence electrons. The van der Waals surface area contributed by atoms with Crippen molar-refractivity contribution in [3.8, 4) is 0 Å². The van der Waals surface area contributed by atoms with Crippen LogP contribution < -0.4 is 5.32 Å². The van der Waals surface area contributed by atoms with Crippen LogP contribution in [0, 0.1) is 5.92 Å². The number of esters is 1. The first-order valence-corrected chi connectivity index (χ1v) is 9.15. The van der Waals surface area contributed by atoms with Gasteiger partial charge < -0.3 is 10.1 Å². The van der Waals surface area contributed by atoms with Gasteiger partial charge in [-0.15, -0.1) is 11.3 Å². The highest BCUT2D eigenvalue weighted by molar-refractivity contribution is 8.01. The van der Waals surface area contributed by atoms with Crippen molar-refractivity contribution < 1.29 is 14.3 Å². The number of ether oxygens (including phenoxy) is 1. The van der Waals surface area contributed by atoms with Crippen molar-refractivity contribution in [3.63, 3.8) is 0 Å². The molecule has 0 aliphatic carbocycles. The van der Waals surface area contributed by atoms with Gasteiger partial charge in [0.15, 0.2) is 4.34 Å². The smallest absolute Gasteiger partial charge is 0.328 e. The Morgan fingerprint density at radius 1 is 1.35 bits per heavy atom. The molecule has 2 rings (SSSR count). The summed E-state index contributed by atoms with van der Waals surface area (Å²) in [5.74, 6) is -0.0792. The number of thioether (sulfide) groups is 1. The van der Waals surface area contributed by atoms with E-state index in [9.17, 15) is 9.59 Å². The van der Waals surface area contributed by atoms with Crippen LogP contribution in [0.3, 0.4) is 0 Å². The van der Waals surface area contributed by atoms with E-state index >= 15 is 0 Å². The Labute approximate surface area is 143 Å². The molecule has 0 bridgehead atoms. The van der Waals surface area contributed by atoms with Crippen LogP contribution in [0.4, 0.5) is 0 Å². The van der Waals surface area contributed by atoms with Crippen molar-refractivity contribution in [2.24, 2.45) is 5.92 Å². The lowest BCUT2D eigenvalue weighted by Crippen LogP contribution is -2.43. The van der Waals surface area contributed by atoms with Crippen LogP contribution in [0.15, 0.2) is 28.6 Å². The van der Waals surface area contributed by atoms with E-state index in [1.165, 1.54) is 18.9 Å². The summed E-state index contributed by atoms with van der Waals surface area (Å²) >= 11 is 2.94. The molecule has 0 unspecified atom stereocenters. The number of fused-ring (bicyclic) bond motifs is 1. The first kappa shape index (κ1) is 17.7. The number of hydrogen-bond donors (Lipinski definition) is 1. The zero-order valence-electron chi connectivity index (χ0n) is 13.4. The molecule has 0 aliphatic heterocycles. The number of nitrogens with one attached hydrogen (secondary N) is 1. The highest BCUT2D eigenvalue weighted by atomic mass is 32.2. The van der Waals surface area contributed by atoms with E-state index in [0.717, 1.165) is 14.6 Å². The minimum absolute atomic E-state index is 0.190. The highest BCUT2D eigenvalue weighted by Gasteiger charge is 2.22. The van der Waals surface area contributed by atoms with Crippen molar-refractivity contribution in [1.82, 2.24) is 10.3 Å². The number of amides is 1. The first-order valence-electron chi connectivity index (χ1n) is 7.35. The van der Waals surface area contributed by atoms with Gasteiger partial charge in [0.05, 0.1) is 23.1 Å². The second-order valence-electron chi connectivity index (χ2n) is 5.51. The summed E-state index contributed by atoms with van der Waals surface area (Å²) in [7, 11) is 1.33. The van der Waals surface area contributed by atoms with Crippen molar-refractivity contribution in [1.29, 1.82) is 0 Å². The third-order valence-corrected chi connectivity index (χ3v) is 5.31. The van der Waals surface area contributed by atoms with Crippen LogP contribution in [0.5, 0.6) is 0 Å². The molecule has 0 saturated heterocycles. The molecule has 1 atom stereocenters. The highest BCUT2D eigenvalue weighted by Crippen LogP contribution is 2.29. The van der Waals surface area contributed by atoms with E-state index in [1.807, 2.05) is 38.1 Å². The number of benzene rings is 1. The molecule has 23 heavy (non-hydrogen) atoms. The van der Waals surface area contributed by atoms with Gasteiger partial charge in [-0.25, -0.2) is 9.78 Å². The largest absolute Gasteiger partial charge is 0.467 e. The van der Waals surface area contributed by atoms with Crippen molar-refractivity contribution >= 4 is 45.2 Å². The summed E-state index contributed by atoms with van der Waals surface area (Å²) in [6.07, 6.45) is 0.560. The Bertz CT molecular complexity index is 652. The molecule has 1 aromatic carbocycles. The molecule has 7 heteroatoms. The summed E-state index contributed by atoms with van der Waals surface area (Å²) in [4.78, 5) is 28.3. The first-order chi connectivity index (χ1) is 11.0. The maximum atomic E-state index is 12.1. The second-order valence-corrected chi connectivity index (χ2v) is 7.76. The van der Waals surface area contributed by atoms with Gasteiger partial charge in [-0.2, -0.15) is 0 Å². The third kappa shape index (κ3) is 5.21. The third-order valence-electron chi connectivity index (χ3n) is 3.13. The minimum Gasteiger partial charge on any atom is -0.467 e. The topological polar surface area (TPSA) is 68.3 Å². The molecule has 1 aromatic heterocycles. The average Bonchev–Trinajstić information content (AvgIpc) is 2.94. The molecule has 5 nitrogen and oxygen atoms in total. The molecule has 0 radical (unpaired) electrons. The van der Waals surface area contributed by atoms with E-state index in [0.29, 0.717) is 6.42 Å². The maximum Gasteiger partial charge on any atom is 0.328 e. The van der Waals surface area contributed by atoms with Crippen LogP contribution >= 0.6 is 23.1 Å². The zero-order valence-corrected chi connectivity index (χ0v) is 15.0. The van der Waals surface area contributed by atoms with Crippen molar-refractivity contribution in [2.75, 3.05) is 12.9 Å². The van der Waals surface area contributed by atoms with E-state index in [-0.39, 0.29) is 17.6 Å². The van der Waals surface area contributed by atoms with Crippen molar-refractivity contribution in [3.05, 3.63) is 24.3 Å². The number of aromatic nitrogens is 1. The summed E-state index contributed by atoms with van der Waals surface area (Å²) in [5, 5.41) is 2.75. The lowest BCUT2D eigenvalue weighted by Gasteiger charge is -2.18. The van der Waals surface area contributed by atoms with E-state index in [4.69, 9.17) is 4.74 Å². The predicted molar refractivity (Wildman–Crippen MR) is 93.7 cm³/mol. The number of nitrogens with zero attached hydrogens (tertiary/aromatic N) is 1. The van der Waals surface area contributed by atoms with Gasteiger partial charge in [-0.3, -0.25) is 4.79 Å². The quantitative estimate of drug-likeness (QED) is 0.612. The summed E-state index contributed by atoms with van der Waals surface area (Å²) in [6.45, 7) is 4.00. The Hall–Kier alpha value is -1.60. The van der Waals surface area contributed by atoms with Gasteiger partial charge in [-0.1, -0.05) is 37.7 Å². The molecule has 1 N–H and O–H groups in total. The predicted octanol–water partition coefficient (Wildman–Crippen LogP) is 3.09. The van der Waals surface area contributed by atoms with Crippen LogP contribution in [0.25, 0.3) is 10.2 Å². The monoisotopic (exact) mass is 352 g/mol. The lowest BCUT2D eigenvalue weighted by atomic mass is 10.0. The van der Waals surface area contributed by atoms with E-state index < -0.39 is 12.0 Å². The number of hydrogen-bond acceptors (Lipinski definition) is 6. The van der Waals surface area contributed by atoms with Crippen LogP contribution in [0.2, 0.25) is 0 Å². The van der Waals surface area contributed by atoms with Gasteiger partial charge in [0, 0.05) is 0 Å². The average molecular weight is 352 g/mol. The van der Waals surface area contributed by atoms with Crippen LogP contribution in [-0.2, 0) is 14.3 Å². The normalized spacial score (nSPS) is 12.3. The Balaban J connectivity index is 1.91. The fraction of sp³-hybridized carbons (Fsp3) is 0.438. The summed E-state index contributed by atoms with van der Waals surface area (Å²) in [5.41, 5.74) is 0.938. The molecule has 0 spiro atoms. The number of thiazole rings is 1. The van der Waals surface area contributed by atoms with Crippen LogP contribution in [-0.4, -0.2) is 35.8 Å². The molecule has 1 amide bonds. The fourth-order valence-corrected chi connectivity index (χ4v) is 3.98. The Kier molecular flexibility index (Phi) is 6.41. The number of methoxy groups -OCH3 is 1. The fourth-order valence-electron chi connectivity index (χ4n) is 2.10. The van der Waals surface area contributed by atoms with Gasteiger partial charge >= 0.3 is 5.97 Å². The van der Waals surface area contributed by atoms with E-state index in [1.54, 1.807) is 11.3 Å². The molecule has 2 aromatic rings. The lowest BCUT2D eigenvalue weighted by molar-refractivity contribution is -0.145. The zero-order chi connectivity index (χ0) is 16.8. The van der Waals surface area contributed by atoms with Crippen LogP contribution in [0.1, 0.15) is 20.3 Å². The number of rotatable bonds is 7. The van der Waals surface area contributed by atoms with Crippen molar-refractivity contribution in [2.45, 2.75) is 30.6 Å². The second kappa shape index (κ2) is 8.31. The molecule has 0 aliphatic rings. The maximum absolute atomic E-state index is 12.1. The van der Waals surface area contributed by atoms with Gasteiger partial charge in [0.25, 0.3) is 0 Å². The Morgan fingerprint density at radius 2 is 2.09 bits per heavy atom. The van der Waals surface area contributed by atoms with E-state index in [2.05, 4.69) is 10.3 Å². The van der Waals surface area contributed by atoms with Gasteiger partial charge in [-0.05, 0) is 24.5 Å². The van der Waals surface area contributed by atoms with Gasteiger partial charge in [0.2, 0.25) is 5.91 Å². The molecule has 0 saturated carbocycles. The number of para-hydroxylation sites is 1. The SMILES string of the molecule is COC(=O)[C@H](CC(C)C)NC(=O)CSc1nc2ccccc2s1. The molecular formula is C16H20N2O3S2. The minimum atomic E-state index is -0.594. The molecular weight excluding hydrogens is 332 g/mol. The van der Waals surface area contributed by atoms with Gasteiger partial charge in [0.1, 0.15) is 6.04 Å². The molecule has 0 fully saturated rings. The summed E-state index contributed by atoms with van der Waals surface area (Å²) in [6, 6.07) is 7.27. The number of carbonyl (C=O) groups is 2. The standard InChI is InChI=1S/C16H20N2O3S2/c1-10(2)8-12(15(20)21-3)17-14(19)9-22-16-18-11-6-4-5-7-13(11)23-16/h4-7,10,12H,8-9H2,1-3H3,(H,17,19)/t12-/m0/s1. The number of carbonyl (C=O) groups excluding carboxylic acids is 2. The summed E-state index contributed by atoms with van der Waals surface area (Å²) < 4.78 is 6.69. The Morgan fingerprint density at radius 3 is 2.74 bits per heavy atom.